The second-order valence-electron chi connectivity index (χ2n) is 4.25. The molecule has 0 aliphatic heterocycles. The fourth-order valence-electron chi connectivity index (χ4n) is 1.70. The smallest absolute Gasteiger partial charge is 0.332 e. The van der Waals surface area contributed by atoms with E-state index in [4.69, 9.17) is 23.8 Å². The third kappa shape index (κ3) is 4.08. The van der Waals surface area contributed by atoms with Crippen LogP contribution in [0.25, 0.3) is 0 Å². The summed E-state index contributed by atoms with van der Waals surface area (Å²) in [5.74, 6) is -0.603. The summed E-state index contributed by atoms with van der Waals surface area (Å²) >= 11 is 10.6. The van der Waals surface area contributed by atoms with Crippen LogP contribution in [0, 0.1) is 5.82 Å². The molecule has 0 atom stereocenters. The first-order valence-electron chi connectivity index (χ1n) is 5.96. The molecule has 8 heteroatoms. The Hall–Kier alpha value is -1.86. The zero-order valence-electron chi connectivity index (χ0n) is 10.8. The Morgan fingerprint density at radius 3 is 2.36 bits per heavy atom. The number of halogens is 5. The molecule has 2 aromatic rings. The van der Waals surface area contributed by atoms with Crippen LogP contribution in [0.4, 0.5) is 28.9 Å². The first-order valence-corrected chi connectivity index (χ1v) is 6.75. The van der Waals surface area contributed by atoms with Crippen LogP contribution in [0.1, 0.15) is 5.56 Å². The molecule has 116 valence electrons. The summed E-state index contributed by atoms with van der Waals surface area (Å²) in [5, 5.41) is 4.91. The van der Waals surface area contributed by atoms with Crippen molar-refractivity contribution in [1.29, 1.82) is 0 Å². The fourth-order valence-corrected chi connectivity index (χ4v) is 2.11. The summed E-state index contributed by atoms with van der Waals surface area (Å²) in [6, 6.07) is 8.70. The van der Waals surface area contributed by atoms with Crippen LogP contribution in [0.3, 0.4) is 0 Å². The van der Waals surface area contributed by atoms with Gasteiger partial charge < -0.3 is 10.6 Å². The van der Waals surface area contributed by atoms with E-state index in [1.807, 2.05) is 0 Å². The van der Waals surface area contributed by atoms with E-state index in [0.717, 1.165) is 12.1 Å². The Balaban J connectivity index is 2.14. The predicted octanol–water partition coefficient (Wildman–Crippen LogP) is 5.31. The molecule has 0 spiro atoms. The van der Waals surface area contributed by atoms with Crippen LogP contribution in [0.2, 0.25) is 5.02 Å². The van der Waals surface area contributed by atoms with Crippen LogP contribution in [0.15, 0.2) is 42.5 Å². The van der Waals surface area contributed by atoms with Crippen LogP contribution in [0.5, 0.6) is 0 Å². The predicted molar refractivity (Wildman–Crippen MR) is 82.7 cm³/mol. The zero-order valence-corrected chi connectivity index (χ0v) is 12.4. The van der Waals surface area contributed by atoms with E-state index >= 15 is 0 Å². The van der Waals surface area contributed by atoms with Crippen molar-refractivity contribution >= 4 is 40.3 Å². The van der Waals surface area contributed by atoms with Crippen molar-refractivity contribution in [2.75, 3.05) is 10.6 Å². The van der Waals surface area contributed by atoms with Crippen molar-refractivity contribution in [2.24, 2.45) is 0 Å². The highest BCUT2D eigenvalue weighted by Gasteiger charge is 2.33. The highest BCUT2D eigenvalue weighted by atomic mass is 35.5. The van der Waals surface area contributed by atoms with E-state index in [1.165, 1.54) is 30.3 Å². The maximum Gasteiger partial charge on any atom is 0.418 e. The monoisotopic (exact) mass is 348 g/mol. The maximum absolute atomic E-state index is 13.0. The molecule has 0 aliphatic rings. The average Bonchev–Trinajstić information content (AvgIpc) is 2.42. The number of para-hydroxylation sites is 1. The quantitative estimate of drug-likeness (QED) is 0.568. The number of hydrogen-bond donors (Lipinski definition) is 2. The number of rotatable bonds is 2. The third-order valence-corrected chi connectivity index (χ3v) is 3.15. The summed E-state index contributed by atoms with van der Waals surface area (Å²) in [5.41, 5.74) is -0.662. The van der Waals surface area contributed by atoms with Gasteiger partial charge in [0.05, 0.1) is 16.3 Å². The highest BCUT2D eigenvalue weighted by molar-refractivity contribution is 7.80. The topological polar surface area (TPSA) is 24.1 Å². The number of nitrogens with one attached hydrogen (secondary N) is 2. The number of thiocarbonyl (C=S) groups is 1. The first kappa shape index (κ1) is 16.5. The van der Waals surface area contributed by atoms with E-state index in [-0.39, 0.29) is 15.8 Å². The number of benzene rings is 2. The molecule has 0 aliphatic carbocycles. The van der Waals surface area contributed by atoms with Crippen molar-refractivity contribution in [3.05, 3.63) is 58.9 Å². The lowest BCUT2D eigenvalue weighted by Gasteiger charge is -2.15. The van der Waals surface area contributed by atoms with Gasteiger partial charge in [0.1, 0.15) is 5.82 Å². The molecule has 2 rings (SSSR count). The summed E-state index contributed by atoms with van der Waals surface area (Å²) in [7, 11) is 0. The zero-order chi connectivity index (χ0) is 16.3. The summed E-state index contributed by atoms with van der Waals surface area (Å²) in [6.07, 6.45) is -4.50. The first-order chi connectivity index (χ1) is 10.3. The van der Waals surface area contributed by atoms with Crippen LogP contribution in [-0.4, -0.2) is 5.11 Å². The van der Waals surface area contributed by atoms with Crippen molar-refractivity contribution in [2.45, 2.75) is 6.18 Å². The summed E-state index contributed by atoms with van der Waals surface area (Å²) in [4.78, 5) is 0. The maximum atomic E-state index is 13.0. The Labute approximate surface area is 134 Å². The Kier molecular flexibility index (Phi) is 4.87. The molecule has 2 N–H and O–H groups in total. The summed E-state index contributed by atoms with van der Waals surface area (Å²) < 4.78 is 51.6. The van der Waals surface area contributed by atoms with Gasteiger partial charge in [-0.3, -0.25) is 0 Å². The minimum Gasteiger partial charge on any atom is -0.332 e. The van der Waals surface area contributed by atoms with Crippen molar-refractivity contribution in [1.82, 2.24) is 0 Å². The molecule has 2 nitrogen and oxygen atoms in total. The molecule has 0 amide bonds. The molecule has 2 aromatic carbocycles. The van der Waals surface area contributed by atoms with E-state index in [1.54, 1.807) is 0 Å². The van der Waals surface area contributed by atoms with Gasteiger partial charge in [-0.25, -0.2) is 4.39 Å². The van der Waals surface area contributed by atoms with Gasteiger partial charge in [0.2, 0.25) is 0 Å². The third-order valence-electron chi connectivity index (χ3n) is 2.66. The molecule has 0 saturated heterocycles. The number of alkyl halides is 3. The van der Waals surface area contributed by atoms with Crippen molar-refractivity contribution in [3.63, 3.8) is 0 Å². The Morgan fingerprint density at radius 2 is 1.73 bits per heavy atom. The van der Waals surface area contributed by atoms with Gasteiger partial charge in [-0.1, -0.05) is 23.7 Å². The lowest BCUT2D eigenvalue weighted by atomic mass is 10.1. The minimum absolute atomic E-state index is 0.0700. The largest absolute Gasteiger partial charge is 0.418 e. The second kappa shape index (κ2) is 6.50. The highest BCUT2D eigenvalue weighted by Crippen LogP contribution is 2.34. The number of anilines is 2. The molecule has 0 aromatic heterocycles. The van der Waals surface area contributed by atoms with Gasteiger partial charge in [-0.15, -0.1) is 0 Å². The molecular weight excluding hydrogens is 340 g/mol. The molecule has 0 heterocycles. The molecule has 0 unspecified atom stereocenters. The molecule has 0 bridgehead atoms. The van der Waals surface area contributed by atoms with Gasteiger partial charge in [0.25, 0.3) is 0 Å². The van der Waals surface area contributed by atoms with Crippen molar-refractivity contribution in [3.8, 4) is 0 Å². The van der Waals surface area contributed by atoms with Crippen LogP contribution < -0.4 is 10.6 Å². The van der Waals surface area contributed by atoms with E-state index in [0.29, 0.717) is 5.69 Å². The Bertz CT molecular complexity index is 703. The fraction of sp³-hybridized carbons (Fsp3) is 0.0714. The molecule has 0 radical (unpaired) electrons. The van der Waals surface area contributed by atoms with E-state index in [2.05, 4.69) is 10.6 Å². The molecular formula is C14H9ClF4N2S. The van der Waals surface area contributed by atoms with Gasteiger partial charge in [-0.05, 0) is 42.5 Å². The van der Waals surface area contributed by atoms with E-state index in [9.17, 15) is 17.6 Å². The van der Waals surface area contributed by atoms with Gasteiger partial charge >= 0.3 is 6.18 Å². The average molecular weight is 349 g/mol. The van der Waals surface area contributed by atoms with Crippen LogP contribution in [-0.2, 0) is 6.18 Å². The molecule has 0 saturated carbocycles. The van der Waals surface area contributed by atoms with E-state index < -0.39 is 17.6 Å². The molecule has 0 fully saturated rings. The lowest BCUT2D eigenvalue weighted by Crippen LogP contribution is -2.21. The normalized spacial score (nSPS) is 11.1. The van der Waals surface area contributed by atoms with Crippen molar-refractivity contribution < 1.29 is 17.6 Å². The van der Waals surface area contributed by atoms with Gasteiger partial charge in [-0.2, -0.15) is 13.2 Å². The van der Waals surface area contributed by atoms with Gasteiger partial charge in [0, 0.05) is 5.69 Å². The Morgan fingerprint density at radius 1 is 1.05 bits per heavy atom. The van der Waals surface area contributed by atoms with Gasteiger partial charge in [0.15, 0.2) is 5.11 Å². The minimum atomic E-state index is -4.50. The SMILES string of the molecule is Fc1ccc(NC(=S)Nc2ccccc2C(F)(F)F)cc1Cl. The standard InChI is InChI=1S/C14H9ClF4N2S/c15-10-7-8(5-6-11(10)16)20-13(22)21-12-4-2-1-3-9(12)14(17,18)19/h1-7H,(H2,20,21,22). The molecule has 22 heavy (non-hydrogen) atoms. The summed E-state index contributed by atoms with van der Waals surface area (Å²) in [6.45, 7) is 0. The number of hydrogen-bond acceptors (Lipinski definition) is 1. The second-order valence-corrected chi connectivity index (χ2v) is 5.07. The lowest BCUT2D eigenvalue weighted by molar-refractivity contribution is -0.136. The van der Waals surface area contributed by atoms with Crippen LogP contribution >= 0.6 is 23.8 Å².